The molecule has 0 aliphatic heterocycles. The number of hydrogen-bond donors (Lipinski definition) is 2. The summed E-state index contributed by atoms with van der Waals surface area (Å²) >= 11 is 0. The highest BCUT2D eigenvalue weighted by Gasteiger charge is 2.09. The third kappa shape index (κ3) is 3.09. The monoisotopic (exact) mass is 259 g/mol. The van der Waals surface area contributed by atoms with Crippen LogP contribution in [0.5, 0.6) is 5.88 Å². The van der Waals surface area contributed by atoms with Gasteiger partial charge in [0.2, 0.25) is 5.88 Å². The topological polar surface area (TPSA) is 86.0 Å². The van der Waals surface area contributed by atoms with Crippen LogP contribution in [0.1, 0.15) is 18.2 Å². The predicted molar refractivity (Wildman–Crippen MR) is 73.9 cm³/mol. The zero-order chi connectivity index (χ0) is 13.7. The van der Waals surface area contributed by atoms with E-state index < -0.39 is 0 Å². The number of aryl methyl sites for hydroxylation is 1. The minimum Gasteiger partial charge on any atom is -0.476 e. The summed E-state index contributed by atoms with van der Waals surface area (Å²) in [5.74, 6) is 0.959. The Kier molecular flexibility index (Phi) is 4.12. The molecule has 6 nitrogen and oxygen atoms in total. The Morgan fingerprint density at radius 3 is 2.89 bits per heavy atom. The van der Waals surface area contributed by atoms with E-state index in [1.807, 2.05) is 26.0 Å². The molecule has 0 fully saturated rings. The van der Waals surface area contributed by atoms with E-state index >= 15 is 0 Å². The number of nitrogens with two attached hydrogens (primary N) is 1. The summed E-state index contributed by atoms with van der Waals surface area (Å²) in [4.78, 5) is 12.4. The number of ether oxygens (including phenoxy) is 1. The van der Waals surface area contributed by atoms with Crippen LogP contribution < -0.4 is 15.8 Å². The third-order valence-corrected chi connectivity index (χ3v) is 2.67. The maximum Gasteiger partial charge on any atom is 0.242 e. The largest absolute Gasteiger partial charge is 0.476 e. The van der Waals surface area contributed by atoms with Gasteiger partial charge in [0.25, 0.3) is 0 Å². The van der Waals surface area contributed by atoms with Gasteiger partial charge >= 0.3 is 0 Å². The van der Waals surface area contributed by atoms with Crippen LogP contribution in [-0.2, 0) is 6.54 Å². The highest BCUT2D eigenvalue weighted by atomic mass is 16.5. The molecule has 0 radical (unpaired) electrons. The first-order chi connectivity index (χ1) is 9.22. The summed E-state index contributed by atoms with van der Waals surface area (Å²) in [6, 6.07) is 3.92. The number of aromatic nitrogens is 3. The Balaban J connectivity index is 2.12. The summed E-state index contributed by atoms with van der Waals surface area (Å²) in [6.07, 6.45) is 3.19. The first-order valence-electron chi connectivity index (χ1n) is 6.10. The first kappa shape index (κ1) is 13.1. The number of nitrogen functional groups attached to an aromatic ring is 1. The third-order valence-electron chi connectivity index (χ3n) is 2.67. The van der Waals surface area contributed by atoms with Crippen molar-refractivity contribution in [1.82, 2.24) is 15.0 Å². The molecule has 0 unspecified atom stereocenters. The molecule has 3 N–H and O–H groups in total. The lowest BCUT2D eigenvalue weighted by atomic mass is 10.2. The average molecular weight is 259 g/mol. The number of nitrogens with one attached hydrogen (secondary N) is 1. The van der Waals surface area contributed by atoms with Gasteiger partial charge in [-0.05, 0) is 25.5 Å². The molecular formula is C13H17N5O. The lowest BCUT2D eigenvalue weighted by molar-refractivity contribution is 0.328. The predicted octanol–water partition coefficient (Wildman–Crippen LogP) is 1.77. The van der Waals surface area contributed by atoms with Gasteiger partial charge < -0.3 is 15.8 Å². The number of nitrogens with zero attached hydrogens (tertiary/aromatic N) is 3. The van der Waals surface area contributed by atoms with Gasteiger partial charge in [0.15, 0.2) is 5.82 Å². The van der Waals surface area contributed by atoms with Crippen LogP contribution in [-0.4, -0.2) is 21.6 Å². The molecule has 2 heterocycles. The maximum atomic E-state index is 5.94. The molecule has 100 valence electrons. The fourth-order valence-corrected chi connectivity index (χ4v) is 1.64. The van der Waals surface area contributed by atoms with Gasteiger partial charge in [-0.25, -0.2) is 4.98 Å². The van der Waals surface area contributed by atoms with Crippen LogP contribution in [0.3, 0.4) is 0 Å². The first-order valence-corrected chi connectivity index (χ1v) is 6.10. The standard InChI is InChI=1S/C13H17N5O/c1-3-19-13-11(14)12(17-8-18-13)16-7-10-9(2)5-4-6-15-10/h4-6,8H,3,7,14H2,1-2H3,(H,16,17,18). The molecule has 2 rings (SSSR count). The Morgan fingerprint density at radius 1 is 1.32 bits per heavy atom. The second kappa shape index (κ2) is 5.99. The van der Waals surface area contributed by atoms with Crippen LogP contribution in [0.25, 0.3) is 0 Å². The minimum atomic E-state index is 0.401. The van der Waals surface area contributed by atoms with Gasteiger partial charge in [-0.15, -0.1) is 0 Å². The van der Waals surface area contributed by atoms with Crippen molar-refractivity contribution in [2.75, 3.05) is 17.7 Å². The van der Waals surface area contributed by atoms with E-state index in [9.17, 15) is 0 Å². The van der Waals surface area contributed by atoms with E-state index in [0.717, 1.165) is 11.3 Å². The van der Waals surface area contributed by atoms with Crippen molar-refractivity contribution >= 4 is 11.5 Å². The van der Waals surface area contributed by atoms with Crippen LogP contribution in [0, 0.1) is 6.92 Å². The summed E-state index contributed by atoms with van der Waals surface area (Å²) < 4.78 is 5.32. The number of hydrogen-bond acceptors (Lipinski definition) is 6. The number of pyridine rings is 1. The van der Waals surface area contributed by atoms with Crippen molar-refractivity contribution in [2.24, 2.45) is 0 Å². The minimum absolute atomic E-state index is 0.401. The van der Waals surface area contributed by atoms with Crippen LogP contribution >= 0.6 is 0 Å². The lowest BCUT2D eigenvalue weighted by Crippen LogP contribution is -2.09. The van der Waals surface area contributed by atoms with E-state index in [2.05, 4.69) is 20.3 Å². The Morgan fingerprint density at radius 2 is 2.16 bits per heavy atom. The van der Waals surface area contributed by atoms with E-state index in [1.54, 1.807) is 6.20 Å². The quantitative estimate of drug-likeness (QED) is 0.851. The summed E-state index contributed by atoms with van der Waals surface area (Å²) in [6.45, 7) is 4.96. The molecule has 0 amide bonds. The molecule has 2 aromatic rings. The van der Waals surface area contributed by atoms with Crippen LogP contribution in [0.4, 0.5) is 11.5 Å². The van der Waals surface area contributed by atoms with Crippen LogP contribution in [0.15, 0.2) is 24.7 Å². The van der Waals surface area contributed by atoms with Crippen molar-refractivity contribution < 1.29 is 4.74 Å². The Hall–Kier alpha value is -2.37. The van der Waals surface area contributed by atoms with Crippen LogP contribution in [0.2, 0.25) is 0 Å². The lowest BCUT2D eigenvalue weighted by Gasteiger charge is -2.11. The molecule has 0 spiro atoms. The number of rotatable bonds is 5. The summed E-state index contributed by atoms with van der Waals surface area (Å²) in [5.41, 5.74) is 8.43. The molecule has 0 aliphatic rings. The van der Waals surface area contributed by atoms with Crippen molar-refractivity contribution in [1.29, 1.82) is 0 Å². The normalized spacial score (nSPS) is 10.2. The van der Waals surface area contributed by atoms with Gasteiger partial charge in [-0.2, -0.15) is 4.98 Å². The summed E-state index contributed by atoms with van der Waals surface area (Å²) in [5, 5.41) is 3.15. The SMILES string of the molecule is CCOc1ncnc(NCc2ncccc2C)c1N. The van der Waals surface area contributed by atoms with Gasteiger partial charge in [0, 0.05) is 6.20 Å². The molecule has 2 aromatic heterocycles. The van der Waals surface area contributed by atoms with Crippen molar-refractivity contribution in [3.63, 3.8) is 0 Å². The zero-order valence-corrected chi connectivity index (χ0v) is 11.1. The van der Waals surface area contributed by atoms with Gasteiger partial charge in [-0.3, -0.25) is 4.98 Å². The highest BCUT2D eigenvalue weighted by Crippen LogP contribution is 2.24. The molecule has 0 bridgehead atoms. The average Bonchev–Trinajstić information content (AvgIpc) is 2.42. The smallest absolute Gasteiger partial charge is 0.242 e. The van der Waals surface area contributed by atoms with Crippen molar-refractivity contribution in [3.05, 3.63) is 35.9 Å². The molecule has 6 heteroatoms. The highest BCUT2D eigenvalue weighted by molar-refractivity contribution is 5.66. The van der Waals surface area contributed by atoms with Crippen molar-refractivity contribution in [2.45, 2.75) is 20.4 Å². The maximum absolute atomic E-state index is 5.94. The molecule has 0 aromatic carbocycles. The fraction of sp³-hybridized carbons (Fsp3) is 0.308. The summed E-state index contributed by atoms with van der Waals surface area (Å²) in [7, 11) is 0. The van der Waals surface area contributed by atoms with Crippen molar-refractivity contribution in [3.8, 4) is 5.88 Å². The Labute approximate surface area is 112 Å². The van der Waals surface area contributed by atoms with E-state index in [0.29, 0.717) is 30.5 Å². The molecule has 0 saturated heterocycles. The van der Waals surface area contributed by atoms with E-state index in [4.69, 9.17) is 10.5 Å². The molecular weight excluding hydrogens is 242 g/mol. The molecule has 0 aliphatic carbocycles. The van der Waals surface area contributed by atoms with Gasteiger partial charge in [0.1, 0.15) is 12.0 Å². The van der Waals surface area contributed by atoms with E-state index in [1.165, 1.54) is 6.33 Å². The Bertz CT molecular complexity index is 558. The van der Waals surface area contributed by atoms with E-state index in [-0.39, 0.29) is 0 Å². The second-order valence-electron chi connectivity index (χ2n) is 3.99. The molecule has 19 heavy (non-hydrogen) atoms. The fourth-order valence-electron chi connectivity index (χ4n) is 1.64. The van der Waals surface area contributed by atoms with Gasteiger partial charge in [0.05, 0.1) is 18.8 Å². The molecule has 0 atom stereocenters. The van der Waals surface area contributed by atoms with Gasteiger partial charge in [-0.1, -0.05) is 6.07 Å². The number of anilines is 2. The molecule has 0 saturated carbocycles. The second-order valence-corrected chi connectivity index (χ2v) is 3.99. The zero-order valence-electron chi connectivity index (χ0n) is 11.1.